The van der Waals surface area contributed by atoms with Crippen molar-refractivity contribution in [1.82, 2.24) is 5.32 Å². The van der Waals surface area contributed by atoms with Gasteiger partial charge in [-0.05, 0) is 30.2 Å². The van der Waals surface area contributed by atoms with E-state index in [0.29, 0.717) is 6.54 Å². The van der Waals surface area contributed by atoms with Crippen LogP contribution in [0.1, 0.15) is 56.6 Å². The van der Waals surface area contributed by atoms with Gasteiger partial charge < -0.3 is 10.1 Å². The second-order valence-corrected chi connectivity index (χ2v) is 6.45. The van der Waals surface area contributed by atoms with Crippen LogP contribution in [-0.4, -0.2) is 6.61 Å². The minimum atomic E-state index is -0.197. The fraction of sp³-hybridized carbons (Fsp3) is 0.455. The maximum absolute atomic E-state index is 12.9. The first-order valence-corrected chi connectivity index (χ1v) is 9.45. The molecule has 0 bridgehead atoms. The lowest BCUT2D eigenvalue weighted by molar-refractivity contribution is 0.300. The maximum atomic E-state index is 12.9. The molecule has 0 heterocycles. The fourth-order valence-electron chi connectivity index (χ4n) is 2.80. The molecule has 0 fully saturated rings. The lowest BCUT2D eigenvalue weighted by atomic mass is 10.1. The summed E-state index contributed by atoms with van der Waals surface area (Å²) in [5.74, 6) is 0.764. The molecule has 2 aromatic carbocycles. The Labute approximate surface area is 151 Å². The number of rotatable bonds is 12. The summed E-state index contributed by atoms with van der Waals surface area (Å²) in [5.41, 5.74) is 2.24. The minimum absolute atomic E-state index is 0.197. The van der Waals surface area contributed by atoms with Crippen LogP contribution in [-0.2, 0) is 13.1 Å². The molecule has 0 atom stereocenters. The molecule has 0 amide bonds. The lowest BCUT2D eigenvalue weighted by Gasteiger charge is -2.12. The van der Waals surface area contributed by atoms with E-state index in [0.717, 1.165) is 36.4 Å². The second kappa shape index (κ2) is 11.6. The van der Waals surface area contributed by atoms with Gasteiger partial charge in [0.25, 0.3) is 0 Å². The van der Waals surface area contributed by atoms with E-state index in [4.69, 9.17) is 4.74 Å². The Hall–Kier alpha value is -1.87. The van der Waals surface area contributed by atoms with E-state index in [1.165, 1.54) is 44.2 Å². The van der Waals surface area contributed by atoms with E-state index in [1.54, 1.807) is 0 Å². The number of nitrogens with one attached hydrogen (secondary N) is 1. The van der Waals surface area contributed by atoms with Crippen LogP contribution in [0.4, 0.5) is 4.39 Å². The van der Waals surface area contributed by atoms with Gasteiger partial charge in [-0.15, -0.1) is 0 Å². The Morgan fingerprint density at radius 1 is 0.840 bits per heavy atom. The molecule has 0 radical (unpaired) electrons. The molecule has 0 spiro atoms. The zero-order chi connectivity index (χ0) is 17.7. The summed E-state index contributed by atoms with van der Waals surface area (Å²) in [4.78, 5) is 0. The average molecular weight is 343 g/mol. The molecular weight excluding hydrogens is 313 g/mol. The molecule has 0 aliphatic rings. The Balaban J connectivity index is 1.71. The van der Waals surface area contributed by atoms with Crippen LogP contribution in [0.25, 0.3) is 0 Å². The molecule has 136 valence electrons. The van der Waals surface area contributed by atoms with Gasteiger partial charge in [0, 0.05) is 18.7 Å². The highest BCUT2D eigenvalue weighted by atomic mass is 19.1. The van der Waals surface area contributed by atoms with Gasteiger partial charge in [0.1, 0.15) is 11.6 Å². The largest absolute Gasteiger partial charge is 0.493 e. The summed E-state index contributed by atoms with van der Waals surface area (Å²) < 4.78 is 18.9. The van der Waals surface area contributed by atoms with Crippen molar-refractivity contribution >= 4 is 0 Å². The molecule has 2 rings (SSSR count). The zero-order valence-electron chi connectivity index (χ0n) is 15.3. The number of unbranched alkanes of at least 4 members (excludes halogenated alkanes) is 5. The summed E-state index contributed by atoms with van der Waals surface area (Å²) in [6.07, 6.45) is 7.61. The predicted octanol–water partition coefficient (Wildman–Crippen LogP) is 5.85. The van der Waals surface area contributed by atoms with E-state index in [-0.39, 0.29) is 5.82 Å². The van der Waals surface area contributed by atoms with Gasteiger partial charge >= 0.3 is 0 Å². The van der Waals surface area contributed by atoms with Crippen LogP contribution in [0.5, 0.6) is 5.75 Å². The first kappa shape index (κ1) is 19.5. The molecule has 25 heavy (non-hydrogen) atoms. The topological polar surface area (TPSA) is 21.3 Å². The Kier molecular flexibility index (Phi) is 9.06. The smallest absolute Gasteiger partial charge is 0.123 e. The minimum Gasteiger partial charge on any atom is -0.493 e. The van der Waals surface area contributed by atoms with Gasteiger partial charge in [0.05, 0.1) is 6.61 Å². The van der Waals surface area contributed by atoms with Crippen molar-refractivity contribution in [2.45, 2.75) is 58.5 Å². The number of benzene rings is 2. The van der Waals surface area contributed by atoms with Crippen LogP contribution in [0, 0.1) is 5.82 Å². The van der Waals surface area contributed by atoms with Gasteiger partial charge in [0.2, 0.25) is 0 Å². The molecule has 0 aromatic heterocycles. The summed E-state index contributed by atoms with van der Waals surface area (Å²) >= 11 is 0. The number of halogens is 1. The fourth-order valence-corrected chi connectivity index (χ4v) is 2.80. The van der Waals surface area contributed by atoms with E-state index in [1.807, 2.05) is 30.3 Å². The summed E-state index contributed by atoms with van der Waals surface area (Å²) in [6.45, 7) is 4.47. The van der Waals surface area contributed by atoms with Crippen LogP contribution >= 0.6 is 0 Å². The van der Waals surface area contributed by atoms with E-state index in [9.17, 15) is 4.39 Å². The predicted molar refractivity (Wildman–Crippen MR) is 102 cm³/mol. The molecule has 3 heteroatoms. The van der Waals surface area contributed by atoms with Crippen molar-refractivity contribution in [3.8, 4) is 5.75 Å². The molecule has 0 aliphatic carbocycles. The summed E-state index contributed by atoms with van der Waals surface area (Å²) in [7, 11) is 0. The van der Waals surface area contributed by atoms with Crippen LogP contribution in [0.2, 0.25) is 0 Å². The highest BCUT2D eigenvalue weighted by Gasteiger charge is 2.03. The molecular formula is C22H30FNO. The maximum Gasteiger partial charge on any atom is 0.123 e. The summed E-state index contributed by atoms with van der Waals surface area (Å²) in [5, 5.41) is 3.40. The molecule has 2 nitrogen and oxygen atoms in total. The molecule has 0 saturated heterocycles. The molecule has 1 N–H and O–H groups in total. The molecule has 0 unspecified atom stereocenters. The third kappa shape index (κ3) is 7.70. The lowest BCUT2D eigenvalue weighted by Crippen LogP contribution is -2.13. The molecule has 2 aromatic rings. The monoisotopic (exact) mass is 343 g/mol. The third-order valence-corrected chi connectivity index (χ3v) is 4.29. The normalized spacial score (nSPS) is 10.8. The van der Waals surface area contributed by atoms with Gasteiger partial charge in [-0.3, -0.25) is 0 Å². The first-order chi connectivity index (χ1) is 12.3. The standard InChI is InChI=1S/C22H30FNO/c1-2-3-4-5-6-9-16-25-22-11-8-7-10-20(22)18-24-17-19-12-14-21(23)15-13-19/h7-8,10-15,24H,2-6,9,16-18H2,1H3. The van der Waals surface area contributed by atoms with Crippen LogP contribution < -0.4 is 10.1 Å². The van der Waals surface area contributed by atoms with Crippen molar-refractivity contribution in [2.75, 3.05) is 6.61 Å². The number of hydrogen-bond acceptors (Lipinski definition) is 2. The highest BCUT2D eigenvalue weighted by Crippen LogP contribution is 2.18. The molecule has 0 aliphatic heterocycles. The van der Waals surface area contributed by atoms with Crippen molar-refractivity contribution in [2.24, 2.45) is 0 Å². The highest BCUT2D eigenvalue weighted by molar-refractivity contribution is 5.33. The number of ether oxygens (including phenoxy) is 1. The zero-order valence-corrected chi connectivity index (χ0v) is 15.3. The van der Waals surface area contributed by atoms with Crippen LogP contribution in [0.3, 0.4) is 0 Å². The average Bonchev–Trinajstić information content (AvgIpc) is 2.64. The van der Waals surface area contributed by atoms with Crippen LogP contribution in [0.15, 0.2) is 48.5 Å². The Bertz CT molecular complexity index is 597. The summed E-state index contributed by atoms with van der Waals surface area (Å²) in [6, 6.07) is 14.8. The third-order valence-electron chi connectivity index (χ3n) is 4.29. The first-order valence-electron chi connectivity index (χ1n) is 9.45. The SMILES string of the molecule is CCCCCCCCOc1ccccc1CNCc1ccc(F)cc1. The second-order valence-electron chi connectivity index (χ2n) is 6.45. The Morgan fingerprint density at radius 3 is 2.36 bits per heavy atom. The molecule has 0 saturated carbocycles. The van der Waals surface area contributed by atoms with Crippen molar-refractivity contribution < 1.29 is 9.13 Å². The van der Waals surface area contributed by atoms with Gasteiger partial charge in [-0.25, -0.2) is 4.39 Å². The van der Waals surface area contributed by atoms with E-state index >= 15 is 0 Å². The van der Waals surface area contributed by atoms with Gasteiger partial charge in [-0.1, -0.05) is 69.4 Å². The number of hydrogen-bond donors (Lipinski definition) is 1. The van der Waals surface area contributed by atoms with E-state index in [2.05, 4.69) is 18.3 Å². The van der Waals surface area contributed by atoms with Crippen molar-refractivity contribution in [3.05, 3.63) is 65.5 Å². The van der Waals surface area contributed by atoms with Gasteiger partial charge in [0.15, 0.2) is 0 Å². The van der Waals surface area contributed by atoms with Crippen molar-refractivity contribution in [3.63, 3.8) is 0 Å². The Morgan fingerprint density at radius 2 is 1.56 bits per heavy atom. The van der Waals surface area contributed by atoms with Crippen molar-refractivity contribution in [1.29, 1.82) is 0 Å². The van der Waals surface area contributed by atoms with Gasteiger partial charge in [-0.2, -0.15) is 0 Å². The van der Waals surface area contributed by atoms with E-state index < -0.39 is 0 Å². The quantitative estimate of drug-likeness (QED) is 0.488. The number of para-hydroxylation sites is 1.